The molecule has 3 rings (SSSR count). The van der Waals surface area contributed by atoms with Crippen LogP contribution >= 0.6 is 0 Å². The first-order valence-electron chi connectivity index (χ1n) is 10.6. The maximum absolute atomic E-state index is 12.9. The molecule has 1 amide bonds. The number of piperidine rings is 1. The number of nitrogens with one attached hydrogen (secondary N) is 1. The fraction of sp³-hybridized carbons (Fsp3) is 0.458. The zero-order valence-corrected chi connectivity index (χ0v) is 18.9. The van der Waals surface area contributed by atoms with Crippen LogP contribution in [-0.2, 0) is 21.2 Å². The van der Waals surface area contributed by atoms with Crippen molar-refractivity contribution in [1.29, 1.82) is 0 Å². The summed E-state index contributed by atoms with van der Waals surface area (Å²) in [6.07, 6.45) is 3.69. The van der Waals surface area contributed by atoms with Gasteiger partial charge in [-0.15, -0.1) is 0 Å². The highest BCUT2D eigenvalue weighted by Gasteiger charge is 2.26. The molecule has 1 N–H and O–H groups in total. The van der Waals surface area contributed by atoms with Crippen molar-refractivity contribution in [3.05, 3.63) is 65.2 Å². The predicted octanol–water partition coefficient (Wildman–Crippen LogP) is 3.88. The van der Waals surface area contributed by atoms with Crippen LogP contribution in [0.4, 0.5) is 0 Å². The van der Waals surface area contributed by atoms with Gasteiger partial charge in [-0.25, -0.2) is 8.42 Å². The Morgan fingerprint density at radius 2 is 1.73 bits per heavy atom. The first kappa shape index (κ1) is 22.5. The highest BCUT2D eigenvalue weighted by Crippen LogP contribution is 2.24. The van der Waals surface area contributed by atoms with E-state index in [2.05, 4.69) is 41.4 Å². The zero-order valence-electron chi connectivity index (χ0n) is 18.1. The number of carbonyl (C=O) groups is 1. The lowest BCUT2D eigenvalue weighted by atomic mass is 9.94. The minimum atomic E-state index is -3.21. The molecule has 2 aromatic rings. The van der Waals surface area contributed by atoms with Gasteiger partial charge in [-0.2, -0.15) is 0 Å². The molecule has 0 aliphatic carbocycles. The van der Waals surface area contributed by atoms with Gasteiger partial charge in [0.25, 0.3) is 0 Å². The summed E-state index contributed by atoms with van der Waals surface area (Å²) in [6.45, 7) is 6.95. The fourth-order valence-electron chi connectivity index (χ4n) is 4.04. The Labute approximate surface area is 180 Å². The van der Waals surface area contributed by atoms with Crippen molar-refractivity contribution in [2.45, 2.75) is 50.6 Å². The van der Waals surface area contributed by atoms with Crippen molar-refractivity contribution < 1.29 is 13.2 Å². The molecule has 0 aromatic heterocycles. The van der Waals surface area contributed by atoms with Crippen LogP contribution in [-0.4, -0.2) is 38.6 Å². The molecule has 0 bridgehead atoms. The van der Waals surface area contributed by atoms with E-state index in [1.165, 1.54) is 17.4 Å². The van der Waals surface area contributed by atoms with Crippen molar-refractivity contribution in [3.8, 4) is 0 Å². The smallest absolute Gasteiger partial charge is 0.223 e. The molecule has 0 spiro atoms. The van der Waals surface area contributed by atoms with E-state index in [1.807, 2.05) is 6.92 Å². The van der Waals surface area contributed by atoms with E-state index in [9.17, 15) is 13.2 Å². The molecule has 30 heavy (non-hydrogen) atoms. The number of sulfone groups is 1. The van der Waals surface area contributed by atoms with Crippen LogP contribution in [0.2, 0.25) is 0 Å². The number of rotatable bonds is 7. The average molecular weight is 429 g/mol. The van der Waals surface area contributed by atoms with Crippen LogP contribution in [0.5, 0.6) is 0 Å². The molecule has 5 nitrogen and oxygen atoms in total. The summed E-state index contributed by atoms with van der Waals surface area (Å²) < 4.78 is 23.3. The van der Waals surface area contributed by atoms with Crippen LogP contribution in [0.3, 0.4) is 0 Å². The van der Waals surface area contributed by atoms with Crippen LogP contribution in [0.1, 0.15) is 48.9 Å². The van der Waals surface area contributed by atoms with Crippen molar-refractivity contribution in [3.63, 3.8) is 0 Å². The average Bonchev–Trinajstić information content (AvgIpc) is 2.73. The van der Waals surface area contributed by atoms with Crippen molar-refractivity contribution >= 4 is 15.7 Å². The molecule has 1 unspecified atom stereocenters. The number of likely N-dealkylation sites (tertiary alicyclic amines) is 1. The quantitative estimate of drug-likeness (QED) is 0.727. The van der Waals surface area contributed by atoms with Crippen molar-refractivity contribution in [1.82, 2.24) is 10.2 Å². The summed E-state index contributed by atoms with van der Waals surface area (Å²) in [4.78, 5) is 15.6. The highest BCUT2D eigenvalue weighted by atomic mass is 32.2. The van der Waals surface area contributed by atoms with Gasteiger partial charge >= 0.3 is 0 Å². The van der Waals surface area contributed by atoms with E-state index in [4.69, 9.17) is 0 Å². The van der Waals surface area contributed by atoms with Gasteiger partial charge in [0.1, 0.15) is 0 Å². The molecule has 1 aliphatic rings. The number of carbonyl (C=O) groups excluding carboxylic acids is 1. The Bertz CT molecular complexity index is 962. The molecule has 0 radical (unpaired) electrons. The lowest BCUT2D eigenvalue weighted by molar-refractivity contribution is -0.127. The van der Waals surface area contributed by atoms with E-state index < -0.39 is 9.84 Å². The van der Waals surface area contributed by atoms with Gasteiger partial charge in [-0.1, -0.05) is 43.3 Å². The van der Waals surface area contributed by atoms with E-state index in [0.29, 0.717) is 4.90 Å². The first-order valence-corrected chi connectivity index (χ1v) is 12.5. The van der Waals surface area contributed by atoms with E-state index in [-0.39, 0.29) is 17.9 Å². The third-order valence-corrected chi connectivity index (χ3v) is 7.18. The van der Waals surface area contributed by atoms with Gasteiger partial charge in [-0.3, -0.25) is 9.69 Å². The third kappa shape index (κ3) is 5.70. The molecule has 1 fully saturated rings. The Hall–Kier alpha value is -2.18. The second-order valence-electron chi connectivity index (χ2n) is 8.29. The van der Waals surface area contributed by atoms with Gasteiger partial charge in [0.15, 0.2) is 9.84 Å². The number of nitrogens with zero attached hydrogens (tertiary/aromatic N) is 1. The molecule has 2 aromatic carbocycles. The molecule has 1 heterocycles. The molecule has 1 saturated heterocycles. The van der Waals surface area contributed by atoms with Gasteiger partial charge < -0.3 is 5.32 Å². The Balaban J connectivity index is 1.55. The molecule has 162 valence electrons. The minimum absolute atomic E-state index is 0.0301. The van der Waals surface area contributed by atoms with Crippen LogP contribution in [0.25, 0.3) is 0 Å². The number of amides is 1. The third-order valence-electron chi connectivity index (χ3n) is 6.05. The van der Waals surface area contributed by atoms with Gasteiger partial charge in [0, 0.05) is 18.7 Å². The normalized spacial score (nSPS) is 16.9. The van der Waals surface area contributed by atoms with Gasteiger partial charge in [-0.05, 0) is 68.1 Å². The van der Waals surface area contributed by atoms with E-state index >= 15 is 0 Å². The van der Waals surface area contributed by atoms with Crippen LogP contribution in [0, 0.1) is 12.8 Å². The Kier molecular flexibility index (Phi) is 7.32. The molecule has 6 heteroatoms. The van der Waals surface area contributed by atoms with Crippen LogP contribution < -0.4 is 5.32 Å². The van der Waals surface area contributed by atoms with Crippen molar-refractivity contribution in [2.24, 2.45) is 5.92 Å². The molecule has 1 atom stereocenters. The van der Waals surface area contributed by atoms with E-state index in [1.54, 1.807) is 24.3 Å². The number of hydrogen-bond acceptors (Lipinski definition) is 4. The first-order chi connectivity index (χ1) is 14.3. The summed E-state index contributed by atoms with van der Waals surface area (Å²) in [5.74, 6) is 0.132. The zero-order chi connectivity index (χ0) is 21.7. The summed E-state index contributed by atoms with van der Waals surface area (Å²) in [6, 6.07) is 15.2. The maximum atomic E-state index is 12.9. The maximum Gasteiger partial charge on any atom is 0.223 e. The number of aryl methyl sites for hydroxylation is 1. The molecule has 1 aliphatic heterocycles. The Morgan fingerprint density at radius 1 is 1.10 bits per heavy atom. The molecular weight excluding hydrogens is 396 g/mol. The topological polar surface area (TPSA) is 66.5 Å². The minimum Gasteiger partial charge on any atom is -0.349 e. The fourth-order valence-corrected chi connectivity index (χ4v) is 4.67. The summed E-state index contributed by atoms with van der Waals surface area (Å²) in [5.41, 5.74) is 3.60. The highest BCUT2D eigenvalue weighted by molar-refractivity contribution is 7.90. The largest absolute Gasteiger partial charge is 0.349 e. The van der Waals surface area contributed by atoms with Gasteiger partial charge in [0.05, 0.1) is 10.9 Å². The SMILES string of the molecule is CCC(NC(=O)C1CCN(Cc2ccccc2C)CC1)c1ccc(S(C)(=O)=O)cc1. The number of benzene rings is 2. The monoisotopic (exact) mass is 428 g/mol. The summed E-state index contributed by atoms with van der Waals surface area (Å²) in [5, 5.41) is 3.18. The van der Waals surface area contributed by atoms with Gasteiger partial charge in [0.2, 0.25) is 5.91 Å². The summed E-state index contributed by atoms with van der Waals surface area (Å²) in [7, 11) is -3.21. The van der Waals surface area contributed by atoms with Crippen LogP contribution in [0.15, 0.2) is 53.4 Å². The van der Waals surface area contributed by atoms with E-state index in [0.717, 1.165) is 44.5 Å². The molecule has 0 saturated carbocycles. The summed E-state index contributed by atoms with van der Waals surface area (Å²) >= 11 is 0. The van der Waals surface area contributed by atoms with Crippen molar-refractivity contribution in [2.75, 3.05) is 19.3 Å². The standard InChI is InChI=1S/C24H32N2O3S/c1-4-23(19-9-11-22(12-10-19)30(3,28)29)25-24(27)20-13-15-26(16-14-20)17-21-8-6-5-7-18(21)2/h5-12,20,23H,4,13-17H2,1-3H3,(H,25,27). The Morgan fingerprint density at radius 3 is 2.30 bits per heavy atom. The second-order valence-corrected chi connectivity index (χ2v) is 10.3. The predicted molar refractivity (Wildman–Crippen MR) is 120 cm³/mol. The lowest BCUT2D eigenvalue weighted by Gasteiger charge is -2.32. The molecular formula is C24H32N2O3S. The number of hydrogen-bond donors (Lipinski definition) is 1. The second kappa shape index (κ2) is 9.75. The lowest BCUT2D eigenvalue weighted by Crippen LogP contribution is -2.41.